The molecule has 0 aliphatic heterocycles. The molecule has 3 aromatic rings. The molecule has 1 heterocycles. The quantitative estimate of drug-likeness (QED) is 0.326. The van der Waals surface area contributed by atoms with E-state index in [1.807, 2.05) is 6.07 Å². The number of amides is 3. The van der Waals surface area contributed by atoms with Gasteiger partial charge in [-0.1, -0.05) is 45.1 Å². The second-order valence-corrected chi connectivity index (χ2v) is 9.05. The summed E-state index contributed by atoms with van der Waals surface area (Å²) in [6, 6.07) is 13.8. The average Bonchev–Trinajstić information content (AvgIpc) is 3.15. The number of thioether (sulfide) groups is 1. The van der Waals surface area contributed by atoms with Crippen molar-refractivity contribution in [1.29, 1.82) is 0 Å². The normalized spacial score (nSPS) is 10.3. The van der Waals surface area contributed by atoms with Crippen LogP contribution in [0.15, 0.2) is 57.3 Å². The first kappa shape index (κ1) is 21.9. The summed E-state index contributed by atoms with van der Waals surface area (Å²) < 4.78 is 1.37. The van der Waals surface area contributed by atoms with Crippen LogP contribution in [0.1, 0.15) is 17.3 Å². The van der Waals surface area contributed by atoms with E-state index in [0.29, 0.717) is 26.4 Å². The maximum absolute atomic E-state index is 12.2. The van der Waals surface area contributed by atoms with Gasteiger partial charge in [0.25, 0.3) is 5.91 Å². The van der Waals surface area contributed by atoms with Crippen molar-refractivity contribution in [3.05, 3.63) is 58.6 Å². The van der Waals surface area contributed by atoms with Crippen molar-refractivity contribution < 1.29 is 14.4 Å². The van der Waals surface area contributed by atoms with Gasteiger partial charge < -0.3 is 10.6 Å². The molecule has 0 aliphatic carbocycles. The molecule has 11 heteroatoms. The molecule has 0 unspecified atom stereocenters. The zero-order valence-corrected chi connectivity index (χ0v) is 18.9. The Kier molecular flexibility index (Phi) is 7.55. The smallest absolute Gasteiger partial charge is 0.257 e. The summed E-state index contributed by atoms with van der Waals surface area (Å²) in [7, 11) is 0. The van der Waals surface area contributed by atoms with Crippen LogP contribution >= 0.6 is 39.0 Å². The van der Waals surface area contributed by atoms with Crippen molar-refractivity contribution in [2.45, 2.75) is 11.3 Å². The Hall–Kier alpha value is -2.76. The topological polar surface area (TPSA) is 113 Å². The lowest BCUT2D eigenvalue weighted by Gasteiger charge is -2.06. The van der Waals surface area contributed by atoms with Crippen molar-refractivity contribution in [1.82, 2.24) is 10.2 Å². The summed E-state index contributed by atoms with van der Waals surface area (Å²) >= 11 is 5.74. The van der Waals surface area contributed by atoms with Gasteiger partial charge in [-0.2, -0.15) is 0 Å². The summed E-state index contributed by atoms with van der Waals surface area (Å²) in [6.07, 6.45) is 0. The standard InChI is InChI=1S/C19H16BrN5O3S2/c1-11(26)21-14-5-7-15(8-6-14)22-16(27)10-29-19-25-24-18(30-19)23-17(28)12-3-2-4-13(20)9-12/h2-9H,10H2,1H3,(H,21,26)(H,22,27)(H,23,24,28). The number of carbonyl (C=O) groups excluding carboxylic acids is 3. The average molecular weight is 506 g/mol. The van der Waals surface area contributed by atoms with Crippen LogP contribution in [-0.4, -0.2) is 33.7 Å². The highest BCUT2D eigenvalue weighted by Gasteiger charge is 2.12. The third kappa shape index (κ3) is 6.65. The summed E-state index contributed by atoms with van der Waals surface area (Å²) in [5, 5.41) is 16.4. The zero-order chi connectivity index (χ0) is 21.5. The molecule has 0 radical (unpaired) electrons. The van der Waals surface area contributed by atoms with Crippen molar-refractivity contribution in [2.24, 2.45) is 0 Å². The number of hydrogen-bond acceptors (Lipinski definition) is 7. The Labute approximate surface area is 189 Å². The lowest BCUT2D eigenvalue weighted by atomic mass is 10.2. The Balaban J connectivity index is 1.48. The van der Waals surface area contributed by atoms with Gasteiger partial charge in [-0.3, -0.25) is 19.7 Å². The fraction of sp³-hybridized carbons (Fsp3) is 0.105. The number of carbonyl (C=O) groups is 3. The van der Waals surface area contributed by atoms with Crippen LogP contribution in [-0.2, 0) is 9.59 Å². The van der Waals surface area contributed by atoms with Gasteiger partial charge in [-0.25, -0.2) is 0 Å². The van der Waals surface area contributed by atoms with Crippen LogP contribution in [0.3, 0.4) is 0 Å². The monoisotopic (exact) mass is 505 g/mol. The number of benzene rings is 2. The fourth-order valence-electron chi connectivity index (χ4n) is 2.28. The first-order valence-electron chi connectivity index (χ1n) is 8.60. The molecule has 0 atom stereocenters. The second kappa shape index (κ2) is 10.3. The maximum Gasteiger partial charge on any atom is 0.257 e. The fourth-order valence-corrected chi connectivity index (χ4v) is 4.23. The van der Waals surface area contributed by atoms with Gasteiger partial charge in [0.15, 0.2) is 4.34 Å². The number of anilines is 3. The molecule has 3 rings (SSSR count). The van der Waals surface area contributed by atoms with E-state index in [9.17, 15) is 14.4 Å². The molecule has 0 saturated carbocycles. The lowest BCUT2D eigenvalue weighted by molar-refractivity contribution is -0.114. The van der Waals surface area contributed by atoms with E-state index in [1.54, 1.807) is 42.5 Å². The molecule has 3 amide bonds. The SMILES string of the molecule is CC(=O)Nc1ccc(NC(=O)CSc2nnc(NC(=O)c3cccc(Br)c3)s2)cc1. The number of hydrogen-bond donors (Lipinski definition) is 3. The first-order valence-corrected chi connectivity index (χ1v) is 11.2. The largest absolute Gasteiger partial charge is 0.326 e. The molecular weight excluding hydrogens is 490 g/mol. The number of rotatable bonds is 7. The maximum atomic E-state index is 12.2. The molecule has 154 valence electrons. The van der Waals surface area contributed by atoms with Crippen LogP contribution in [0.2, 0.25) is 0 Å². The van der Waals surface area contributed by atoms with Crippen LogP contribution in [0, 0.1) is 0 Å². The highest BCUT2D eigenvalue weighted by Crippen LogP contribution is 2.26. The van der Waals surface area contributed by atoms with E-state index in [0.717, 1.165) is 4.47 Å². The third-order valence-corrected chi connectivity index (χ3v) is 5.99. The molecule has 0 spiro atoms. The van der Waals surface area contributed by atoms with E-state index >= 15 is 0 Å². The van der Waals surface area contributed by atoms with Gasteiger partial charge in [0, 0.05) is 28.3 Å². The Morgan fingerprint density at radius 2 is 1.70 bits per heavy atom. The molecule has 0 saturated heterocycles. The summed E-state index contributed by atoms with van der Waals surface area (Å²) in [5.41, 5.74) is 1.77. The molecule has 30 heavy (non-hydrogen) atoms. The molecule has 2 aromatic carbocycles. The van der Waals surface area contributed by atoms with Gasteiger partial charge in [0.2, 0.25) is 16.9 Å². The van der Waals surface area contributed by atoms with Crippen molar-refractivity contribution in [2.75, 3.05) is 21.7 Å². The highest BCUT2D eigenvalue weighted by molar-refractivity contribution is 9.10. The van der Waals surface area contributed by atoms with Crippen molar-refractivity contribution in [3.63, 3.8) is 0 Å². The molecule has 3 N–H and O–H groups in total. The zero-order valence-electron chi connectivity index (χ0n) is 15.6. The van der Waals surface area contributed by atoms with Crippen LogP contribution in [0.5, 0.6) is 0 Å². The Morgan fingerprint density at radius 3 is 2.37 bits per heavy atom. The number of halogens is 1. The van der Waals surface area contributed by atoms with E-state index in [2.05, 4.69) is 42.1 Å². The minimum absolute atomic E-state index is 0.141. The second-order valence-electron chi connectivity index (χ2n) is 5.93. The van der Waals surface area contributed by atoms with Gasteiger partial charge in [-0.05, 0) is 42.5 Å². The van der Waals surface area contributed by atoms with E-state index in [4.69, 9.17) is 0 Å². The first-order chi connectivity index (χ1) is 14.4. The Morgan fingerprint density at radius 1 is 1.00 bits per heavy atom. The van der Waals surface area contributed by atoms with Crippen molar-refractivity contribution in [3.8, 4) is 0 Å². The molecule has 8 nitrogen and oxygen atoms in total. The van der Waals surface area contributed by atoms with Crippen LogP contribution in [0.25, 0.3) is 0 Å². The lowest BCUT2D eigenvalue weighted by Crippen LogP contribution is -2.14. The molecule has 1 aromatic heterocycles. The highest BCUT2D eigenvalue weighted by atomic mass is 79.9. The van der Waals surface area contributed by atoms with Gasteiger partial charge in [-0.15, -0.1) is 10.2 Å². The van der Waals surface area contributed by atoms with Gasteiger partial charge in [0.05, 0.1) is 5.75 Å². The molecule has 0 aliphatic rings. The Bertz CT molecular complexity index is 1070. The van der Waals surface area contributed by atoms with Gasteiger partial charge >= 0.3 is 0 Å². The van der Waals surface area contributed by atoms with Gasteiger partial charge in [0.1, 0.15) is 0 Å². The number of aromatic nitrogens is 2. The number of nitrogens with one attached hydrogen (secondary N) is 3. The minimum atomic E-state index is -0.288. The molecule has 0 fully saturated rings. The summed E-state index contributed by atoms with van der Waals surface area (Å²) in [5.74, 6) is -0.513. The van der Waals surface area contributed by atoms with Crippen molar-refractivity contribution >= 4 is 73.3 Å². The van der Waals surface area contributed by atoms with Crippen LogP contribution < -0.4 is 16.0 Å². The number of nitrogens with zero attached hydrogens (tertiary/aromatic N) is 2. The summed E-state index contributed by atoms with van der Waals surface area (Å²) in [4.78, 5) is 35.4. The van der Waals surface area contributed by atoms with E-state index in [1.165, 1.54) is 30.0 Å². The van der Waals surface area contributed by atoms with Crippen LogP contribution in [0.4, 0.5) is 16.5 Å². The predicted octanol–water partition coefficient (Wildman–Crippen LogP) is 4.24. The minimum Gasteiger partial charge on any atom is -0.326 e. The molecular formula is C19H16BrN5O3S2. The van der Waals surface area contributed by atoms with E-state index in [-0.39, 0.29) is 23.5 Å². The van der Waals surface area contributed by atoms with E-state index < -0.39 is 0 Å². The third-order valence-electron chi connectivity index (χ3n) is 3.53. The molecule has 0 bridgehead atoms. The predicted molar refractivity (Wildman–Crippen MR) is 122 cm³/mol. The summed E-state index contributed by atoms with van der Waals surface area (Å²) in [6.45, 7) is 1.43.